The number of nitrogens with one attached hydrogen (secondary N) is 2. The van der Waals surface area contributed by atoms with Crippen LogP contribution in [0.4, 0.5) is 17.1 Å². The molecule has 0 radical (unpaired) electrons. The summed E-state index contributed by atoms with van der Waals surface area (Å²) in [4.78, 5) is 28.0. The Hall–Kier alpha value is -3.67. The first-order valence-electron chi connectivity index (χ1n) is 9.32. The van der Waals surface area contributed by atoms with E-state index < -0.39 is 0 Å². The minimum atomic E-state index is -0.280. The third kappa shape index (κ3) is 5.65. The summed E-state index contributed by atoms with van der Waals surface area (Å²) in [5.74, 6) is 0.500. The van der Waals surface area contributed by atoms with Crippen molar-refractivity contribution < 1.29 is 14.3 Å². The van der Waals surface area contributed by atoms with Gasteiger partial charge in [-0.05, 0) is 75.4 Å². The van der Waals surface area contributed by atoms with Crippen molar-refractivity contribution in [2.45, 2.75) is 26.9 Å². The van der Waals surface area contributed by atoms with Gasteiger partial charge in [-0.3, -0.25) is 14.6 Å². The van der Waals surface area contributed by atoms with Gasteiger partial charge in [0, 0.05) is 23.1 Å². The molecule has 0 fully saturated rings. The molecule has 2 N–H and O–H groups in total. The van der Waals surface area contributed by atoms with Crippen molar-refractivity contribution >= 4 is 28.8 Å². The Morgan fingerprint density at radius 2 is 1.52 bits per heavy atom. The number of amides is 1. The fourth-order valence-corrected chi connectivity index (χ4v) is 2.68. The Bertz CT molecular complexity index is 997. The number of nitrogens with zero attached hydrogens (tertiary/aromatic N) is 1. The molecular formula is C23H23N3O3. The van der Waals surface area contributed by atoms with Gasteiger partial charge >= 0.3 is 0 Å². The van der Waals surface area contributed by atoms with Crippen LogP contribution in [0.2, 0.25) is 0 Å². The highest BCUT2D eigenvalue weighted by Crippen LogP contribution is 2.21. The molecule has 3 rings (SSSR count). The highest BCUT2D eigenvalue weighted by Gasteiger charge is 2.09. The second kappa shape index (κ2) is 9.01. The third-order valence-electron chi connectivity index (χ3n) is 4.06. The van der Waals surface area contributed by atoms with Gasteiger partial charge in [0.2, 0.25) is 0 Å². The lowest BCUT2D eigenvalue weighted by molar-refractivity contribution is 0.101. The Morgan fingerprint density at radius 3 is 2.14 bits per heavy atom. The smallest absolute Gasteiger partial charge is 0.257 e. The van der Waals surface area contributed by atoms with E-state index in [2.05, 4.69) is 15.6 Å². The molecule has 148 valence electrons. The van der Waals surface area contributed by atoms with E-state index >= 15 is 0 Å². The van der Waals surface area contributed by atoms with Gasteiger partial charge in [0.25, 0.3) is 5.91 Å². The number of Topliss-reactive ketones (excluding diaryl/α,β-unsaturated/α-hetero) is 1. The maximum Gasteiger partial charge on any atom is 0.257 e. The average molecular weight is 389 g/mol. The van der Waals surface area contributed by atoms with Crippen LogP contribution in [0.15, 0.2) is 67.0 Å². The van der Waals surface area contributed by atoms with Gasteiger partial charge in [0.1, 0.15) is 5.75 Å². The largest absolute Gasteiger partial charge is 0.491 e. The van der Waals surface area contributed by atoms with Gasteiger partial charge in [-0.15, -0.1) is 0 Å². The molecule has 0 bridgehead atoms. The van der Waals surface area contributed by atoms with Crippen LogP contribution in [0.5, 0.6) is 5.75 Å². The first kappa shape index (κ1) is 20.1. The van der Waals surface area contributed by atoms with Crippen LogP contribution < -0.4 is 15.4 Å². The molecule has 1 aromatic heterocycles. The number of carbonyl (C=O) groups excluding carboxylic acids is 2. The maximum absolute atomic E-state index is 12.5. The van der Waals surface area contributed by atoms with Gasteiger partial charge < -0.3 is 15.4 Å². The van der Waals surface area contributed by atoms with Crippen molar-refractivity contribution in [1.29, 1.82) is 0 Å². The van der Waals surface area contributed by atoms with Gasteiger partial charge in [0.15, 0.2) is 5.78 Å². The number of hydrogen-bond donors (Lipinski definition) is 2. The van der Waals surface area contributed by atoms with E-state index in [1.807, 2.05) is 38.1 Å². The summed E-state index contributed by atoms with van der Waals surface area (Å²) < 4.78 is 5.64. The highest BCUT2D eigenvalue weighted by atomic mass is 16.5. The van der Waals surface area contributed by atoms with Crippen molar-refractivity contribution in [3.8, 4) is 5.75 Å². The van der Waals surface area contributed by atoms with E-state index in [1.54, 1.807) is 36.5 Å². The number of pyridine rings is 1. The summed E-state index contributed by atoms with van der Waals surface area (Å²) >= 11 is 0. The van der Waals surface area contributed by atoms with Crippen LogP contribution in [0, 0.1) is 0 Å². The summed E-state index contributed by atoms with van der Waals surface area (Å²) in [7, 11) is 0. The SMILES string of the molecule is CC(=O)c1ccc(NC(=O)c2cncc(Nc3ccc(OC(C)C)cc3)c2)cc1. The molecule has 1 heterocycles. The first-order chi connectivity index (χ1) is 13.9. The summed E-state index contributed by atoms with van der Waals surface area (Å²) in [6, 6.07) is 16.1. The van der Waals surface area contributed by atoms with Gasteiger partial charge in [-0.2, -0.15) is 0 Å². The third-order valence-corrected chi connectivity index (χ3v) is 4.06. The molecule has 0 atom stereocenters. The zero-order chi connectivity index (χ0) is 20.8. The fraction of sp³-hybridized carbons (Fsp3) is 0.174. The fourth-order valence-electron chi connectivity index (χ4n) is 2.68. The molecule has 0 saturated carbocycles. The zero-order valence-corrected chi connectivity index (χ0v) is 16.6. The van der Waals surface area contributed by atoms with Crippen LogP contribution >= 0.6 is 0 Å². The predicted octanol–water partition coefficient (Wildman–Crippen LogP) is 5.07. The molecule has 6 heteroatoms. The van der Waals surface area contributed by atoms with E-state index in [-0.39, 0.29) is 17.8 Å². The van der Waals surface area contributed by atoms with Crippen LogP contribution in [-0.2, 0) is 0 Å². The molecular weight excluding hydrogens is 366 g/mol. The number of hydrogen-bond acceptors (Lipinski definition) is 5. The van der Waals surface area contributed by atoms with E-state index in [4.69, 9.17) is 4.74 Å². The zero-order valence-electron chi connectivity index (χ0n) is 16.6. The van der Waals surface area contributed by atoms with Crippen molar-refractivity contribution in [3.63, 3.8) is 0 Å². The topological polar surface area (TPSA) is 80.3 Å². The van der Waals surface area contributed by atoms with Crippen LogP contribution in [0.1, 0.15) is 41.5 Å². The molecule has 29 heavy (non-hydrogen) atoms. The molecule has 0 aliphatic heterocycles. The lowest BCUT2D eigenvalue weighted by Crippen LogP contribution is -2.12. The molecule has 0 spiro atoms. The minimum absolute atomic E-state index is 0.0188. The Labute approximate surface area is 169 Å². The molecule has 2 aromatic carbocycles. The number of ether oxygens (including phenoxy) is 1. The molecule has 0 aliphatic rings. The van der Waals surface area contributed by atoms with Crippen molar-refractivity contribution in [2.75, 3.05) is 10.6 Å². The highest BCUT2D eigenvalue weighted by molar-refractivity contribution is 6.05. The summed E-state index contributed by atoms with van der Waals surface area (Å²) in [5.41, 5.74) is 3.19. The van der Waals surface area contributed by atoms with Crippen LogP contribution in [0.25, 0.3) is 0 Å². The molecule has 0 saturated heterocycles. The number of carbonyl (C=O) groups is 2. The van der Waals surface area contributed by atoms with E-state index in [0.717, 1.165) is 11.4 Å². The maximum atomic E-state index is 12.5. The number of benzene rings is 2. The number of ketones is 1. The van der Waals surface area contributed by atoms with E-state index in [9.17, 15) is 9.59 Å². The van der Waals surface area contributed by atoms with Crippen molar-refractivity contribution in [1.82, 2.24) is 4.98 Å². The Morgan fingerprint density at radius 1 is 0.862 bits per heavy atom. The average Bonchev–Trinajstić information content (AvgIpc) is 2.70. The summed E-state index contributed by atoms with van der Waals surface area (Å²) in [6.07, 6.45) is 3.27. The number of anilines is 3. The van der Waals surface area contributed by atoms with Gasteiger partial charge in [-0.25, -0.2) is 0 Å². The predicted molar refractivity (Wildman–Crippen MR) is 114 cm³/mol. The van der Waals surface area contributed by atoms with Crippen molar-refractivity contribution in [3.05, 3.63) is 78.1 Å². The van der Waals surface area contributed by atoms with E-state index in [1.165, 1.54) is 13.1 Å². The minimum Gasteiger partial charge on any atom is -0.491 e. The van der Waals surface area contributed by atoms with Gasteiger partial charge in [-0.1, -0.05) is 0 Å². The normalized spacial score (nSPS) is 10.5. The summed E-state index contributed by atoms with van der Waals surface area (Å²) in [6.45, 7) is 5.46. The molecule has 0 unspecified atom stereocenters. The molecule has 6 nitrogen and oxygen atoms in total. The summed E-state index contributed by atoms with van der Waals surface area (Å²) in [5, 5.41) is 6.03. The van der Waals surface area contributed by atoms with Crippen LogP contribution in [-0.4, -0.2) is 22.8 Å². The van der Waals surface area contributed by atoms with Crippen LogP contribution in [0.3, 0.4) is 0 Å². The Kier molecular flexibility index (Phi) is 6.24. The molecule has 0 aliphatic carbocycles. The second-order valence-corrected chi connectivity index (χ2v) is 6.87. The first-order valence-corrected chi connectivity index (χ1v) is 9.32. The number of rotatable bonds is 7. The molecule has 1 amide bonds. The lowest BCUT2D eigenvalue weighted by Gasteiger charge is -2.11. The second-order valence-electron chi connectivity index (χ2n) is 6.87. The number of aromatic nitrogens is 1. The molecule has 3 aromatic rings. The van der Waals surface area contributed by atoms with E-state index in [0.29, 0.717) is 22.5 Å². The quantitative estimate of drug-likeness (QED) is 0.552. The van der Waals surface area contributed by atoms with Crippen molar-refractivity contribution in [2.24, 2.45) is 0 Å². The Balaban J connectivity index is 1.66. The lowest BCUT2D eigenvalue weighted by atomic mass is 10.1. The van der Waals surface area contributed by atoms with Gasteiger partial charge in [0.05, 0.1) is 23.6 Å². The monoisotopic (exact) mass is 389 g/mol. The standard InChI is InChI=1S/C23H23N3O3/c1-15(2)29-22-10-8-19(9-11-22)25-21-12-18(13-24-14-21)23(28)26-20-6-4-17(5-7-20)16(3)27/h4-15,25H,1-3H3,(H,26,28).